The van der Waals surface area contributed by atoms with Crippen LogP contribution in [-0.4, -0.2) is 26.1 Å². The summed E-state index contributed by atoms with van der Waals surface area (Å²) in [5.74, 6) is 0. The molecule has 0 amide bonds. The van der Waals surface area contributed by atoms with Gasteiger partial charge in [-0.2, -0.15) is 0 Å². The molecule has 0 heterocycles. The fourth-order valence-electron chi connectivity index (χ4n) is 0.692. The van der Waals surface area contributed by atoms with Crippen molar-refractivity contribution in [1.29, 1.82) is 0 Å². The van der Waals surface area contributed by atoms with Crippen LogP contribution in [0.1, 0.15) is 32.6 Å². The summed E-state index contributed by atoms with van der Waals surface area (Å²) in [5, 5.41) is 0. The number of unbranched alkanes of at least 4 members (excludes halogenated alkanes) is 3. The van der Waals surface area contributed by atoms with E-state index in [-0.39, 0.29) is 3.83 Å². The van der Waals surface area contributed by atoms with Crippen molar-refractivity contribution >= 4 is 26.1 Å². The van der Waals surface area contributed by atoms with E-state index in [4.69, 9.17) is 0 Å². The normalized spacial score (nSPS) is 10.5. The predicted molar refractivity (Wildman–Crippen MR) is 44.0 cm³/mol. The van der Waals surface area contributed by atoms with Crippen LogP contribution in [0.2, 0.25) is 0 Å². The second-order valence-electron chi connectivity index (χ2n) is 2.22. The van der Waals surface area contributed by atoms with Crippen LogP contribution in [0.15, 0.2) is 12.2 Å². The van der Waals surface area contributed by atoms with Gasteiger partial charge < -0.3 is 0 Å². The third kappa shape index (κ3) is 8.20. The second kappa shape index (κ2) is 7.31. The van der Waals surface area contributed by atoms with E-state index in [1.165, 1.54) is 41.6 Å². The van der Waals surface area contributed by atoms with Crippen molar-refractivity contribution < 1.29 is 4.79 Å². The van der Waals surface area contributed by atoms with Gasteiger partial charge in [0.25, 0.3) is 0 Å². The first-order chi connectivity index (χ1) is 4.77. The average Bonchev–Trinajstić information content (AvgIpc) is 1.87. The first kappa shape index (κ1) is 10.2. The molecule has 0 spiro atoms. The van der Waals surface area contributed by atoms with Gasteiger partial charge in [0, 0.05) is 0 Å². The minimum atomic E-state index is 0.160. The molecule has 0 aromatic rings. The predicted octanol–water partition coefficient (Wildman–Crippen LogP) is 1.82. The van der Waals surface area contributed by atoms with Crippen molar-refractivity contribution in [3.63, 3.8) is 0 Å². The van der Waals surface area contributed by atoms with Gasteiger partial charge in [-0.1, -0.05) is 0 Å². The molecule has 0 atom stereocenters. The number of hydrogen-bond acceptors (Lipinski definition) is 1. The van der Waals surface area contributed by atoms with Crippen molar-refractivity contribution in [1.82, 2.24) is 0 Å². The van der Waals surface area contributed by atoms with Crippen LogP contribution in [0.4, 0.5) is 0 Å². The SMILES string of the molecule is CCCCCC=CC(=O)[Te]. The molecule has 10 heavy (non-hydrogen) atoms. The summed E-state index contributed by atoms with van der Waals surface area (Å²) in [6, 6.07) is 0. The fraction of sp³-hybridized carbons (Fsp3) is 0.625. The van der Waals surface area contributed by atoms with E-state index < -0.39 is 0 Å². The van der Waals surface area contributed by atoms with E-state index in [2.05, 4.69) is 6.92 Å². The van der Waals surface area contributed by atoms with Gasteiger partial charge in [-0.25, -0.2) is 0 Å². The van der Waals surface area contributed by atoms with Gasteiger partial charge >= 0.3 is 75.7 Å². The zero-order valence-corrected chi connectivity index (χ0v) is 8.63. The maximum atomic E-state index is 10.4. The molecule has 0 aliphatic heterocycles. The number of carbonyl (C=O) groups excluding carboxylic acids is 1. The Labute approximate surface area is 75.8 Å². The molecule has 1 radical (unpaired) electrons. The Bertz CT molecular complexity index is 118. The van der Waals surface area contributed by atoms with Crippen LogP contribution >= 0.6 is 0 Å². The Morgan fingerprint density at radius 1 is 1.50 bits per heavy atom. The van der Waals surface area contributed by atoms with Gasteiger partial charge in [-0.3, -0.25) is 0 Å². The molecule has 0 rings (SSSR count). The number of allylic oxidation sites excluding steroid dienone is 2. The maximum absolute atomic E-state index is 10.4. The van der Waals surface area contributed by atoms with E-state index in [1.807, 2.05) is 6.08 Å². The molecule has 0 aromatic carbocycles. The average molecular weight is 253 g/mol. The fourth-order valence-corrected chi connectivity index (χ4v) is 0.966. The molecule has 0 aromatic heterocycles. The van der Waals surface area contributed by atoms with E-state index in [0.717, 1.165) is 6.42 Å². The van der Waals surface area contributed by atoms with E-state index >= 15 is 0 Å². The zero-order valence-electron chi connectivity index (χ0n) is 6.30. The number of hydrogen-bond donors (Lipinski definition) is 0. The number of carbonyl (C=O) groups is 1. The van der Waals surface area contributed by atoms with E-state index in [0.29, 0.717) is 0 Å². The van der Waals surface area contributed by atoms with Crippen molar-refractivity contribution in [2.75, 3.05) is 0 Å². The van der Waals surface area contributed by atoms with Gasteiger partial charge in [0.05, 0.1) is 0 Å². The molecule has 0 saturated heterocycles. The molecule has 2 heteroatoms. The third-order valence-electron chi connectivity index (χ3n) is 1.23. The molecular formula is C8H13OTe. The molecule has 0 bridgehead atoms. The Hall–Kier alpha value is 0.200. The summed E-state index contributed by atoms with van der Waals surface area (Å²) in [5.41, 5.74) is 0. The Balaban J connectivity index is 3.10. The monoisotopic (exact) mass is 255 g/mol. The first-order valence-corrected chi connectivity index (χ1v) is 4.81. The third-order valence-corrected chi connectivity index (χ3v) is 1.62. The second-order valence-corrected chi connectivity index (χ2v) is 3.37. The van der Waals surface area contributed by atoms with Crippen molar-refractivity contribution in [2.45, 2.75) is 32.6 Å². The van der Waals surface area contributed by atoms with Gasteiger partial charge in [0.15, 0.2) is 0 Å². The first-order valence-electron chi connectivity index (χ1n) is 3.65. The quantitative estimate of drug-likeness (QED) is 0.415. The molecule has 0 unspecified atom stereocenters. The Morgan fingerprint density at radius 3 is 2.70 bits per heavy atom. The summed E-state index contributed by atoms with van der Waals surface area (Å²) >= 11 is 1.51. The van der Waals surface area contributed by atoms with Crippen LogP contribution < -0.4 is 0 Å². The van der Waals surface area contributed by atoms with Crippen LogP contribution in [0.5, 0.6) is 0 Å². The molecule has 57 valence electrons. The summed E-state index contributed by atoms with van der Waals surface area (Å²) < 4.78 is 0.160. The van der Waals surface area contributed by atoms with Crippen molar-refractivity contribution in [2.24, 2.45) is 0 Å². The Kier molecular flexibility index (Phi) is 7.45. The van der Waals surface area contributed by atoms with Gasteiger partial charge in [0.2, 0.25) is 0 Å². The molecule has 0 aliphatic carbocycles. The minimum absolute atomic E-state index is 0.160. The van der Waals surface area contributed by atoms with Crippen LogP contribution in [0, 0.1) is 0 Å². The van der Waals surface area contributed by atoms with Gasteiger partial charge in [0.1, 0.15) is 0 Å². The number of rotatable bonds is 5. The zero-order chi connectivity index (χ0) is 7.82. The standard InChI is InChI=1S/C8H13OTe/c1-2-3-4-5-6-7-8(9)10/h6-7H,2-5H2,1H3. The summed E-state index contributed by atoms with van der Waals surface area (Å²) in [6.07, 6.45) is 8.38. The molecular weight excluding hydrogens is 240 g/mol. The van der Waals surface area contributed by atoms with Crippen molar-refractivity contribution in [3.8, 4) is 0 Å². The van der Waals surface area contributed by atoms with Crippen molar-refractivity contribution in [3.05, 3.63) is 12.2 Å². The molecule has 1 nitrogen and oxygen atoms in total. The molecule has 0 aliphatic rings. The Morgan fingerprint density at radius 2 is 2.20 bits per heavy atom. The van der Waals surface area contributed by atoms with Crippen LogP contribution in [0.3, 0.4) is 0 Å². The molecule has 0 fully saturated rings. The summed E-state index contributed by atoms with van der Waals surface area (Å²) in [6.45, 7) is 2.18. The van der Waals surface area contributed by atoms with E-state index in [1.54, 1.807) is 6.08 Å². The molecule has 0 N–H and O–H groups in total. The van der Waals surface area contributed by atoms with Gasteiger partial charge in [-0.15, -0.1) is 0 Å². The summed E-state index contributed by atoms with van der Waals surface area (Å²) in [4.78, 5) is 10.4. The van der Waals surface area contributed by atoms with Crippen LogP contribution in [0.25, 0.3) is 0 Å². The topological polar surface area (TPSA) is 17.1 Å². The van der Waals surface area contributed by atoms with Gasteiger partial charge in [-0.05, 0) is 0 Å². The summed E-state index contributed by atoms with van der Waals surface area (Å²) in [7, 11) is 0. The van der Waals surface area contributed by atoms with E-state index in [9.17, 15) is 4.79 Å². The molecule has 0 saturated carbocycles. The van der Waals surface area contributed by atoms with Crippen LogP contribution in [-0.2, 0) is 4.79 Å².